The lowest BCUT2D eigenvalue weighted by Crippen LogP contribution is -2.42. The van der Waals surface area contributed by atoms with E-state index in [2.05, 4.69) is 12.2 Å². The van der Waals surface area contributed by atoms with E-state index in [1.807, 2.05) is 0 Å². The van der Waals surface area contributed by atoms with Crippen molar-refractivity contribution in [3.8, 4) is 5.75 Å². The number of hydrogen-bond acceptors (Lipinski definition) is 4. The molecule has 5 heteroatoms. The first-order valence-corrected chi connectivity index (χ1v) is 7.70. The average molecular weight is 305 g/mol. The predicted octanol–water partition coefficient (Wildman–Crippen LogP) is 2.55. The molecule has 1 aliphatic carbocycles. The van der Waals surface area contributed by atoms with Gasteiger partial charge < -0.3 is 14.8 Å². The number of carbonyl (C=O) groups is 2. The second kappa shape index (κ2) is 7.82. The van der Waals surface area contributed by atoms with Crippen LogP contribution in [0.4, 0.5) is 0 Å². The standard InChI is InChI=1S/C17H23NO4/c1-12-5-3-4-6-15(12)18-16(19)11-22-17(20)13-7-9-14(21-2)10-8-13/h7-10,12,15H,3-6,11H2,1-2H3,(H,18,19)/t12-,15-/m0/s1. The second-order valence-electron chi connectivity index (χ2n) is 5.74. The van der Waals surface area contributed by atoms with Crippen LogP contribution in [-0.2, 0) is 9.53 Å². The van der Waals surface area contributed by atoms with Crippen LogP contribution in [0.2, 0.25) is 0 Å². The van der Waals surface area contributed by atoms with E-state index < -0.39 is 5.97 Å². The number of nitrogens with one attached hydrogen (secondary N) is 1. The molecule has 5 nitrogen and oxygen atoms in total. The number of hydrogen-bond donors (Lipinski definition) is 1. The maximum atomic E-state index is 11.9. The Bertz CT molecular complexity index is 512. The summed E-state index contributed by atoms with van der Waals surface area (Å²) in [5.74, 6) is 0.408. The highest BCUT2D eigenvalue weighted by molar-refractivity contribution is 5.91. The molecule has 1 aromatic carbocycles. The highest BCUT2D eigenvalue weighted by atomic mass is 16.5. The molecule has 2 atom stereocenters. The molecular formula is C17H23NO4. The fourth-order valence-electron chi connectivity index (χ4n) is 2.72. The van der Waals surface area contributed by atoms with Crippen LogP contribution in [0.1, 0.15) is 43.0 Å². The third kappa shape index (κ3) is 4.48. The van der Waals surface area contributed by atoms with Crippen molar-refractivity contribution < 1.29 is 19.1 Å². The molecule has 22 heavy (non-hydrogen) atoms. The van der Waals surface area contributed by atoms with Crippen LogP contribution in [0.5, 0.6) is 5.75 Å². The van der Waals surface area contributed by atoms with E-state index in [0.717, 1.165) is 19.3 Å². The quantitative estimate of drug-likeness (QED) is 0.849. The lowest BCUT2D eigenvalue weighted by Gasteiger charge is -2.29. The maximum Gasteiger partial charge on any atom is 0.338 e. The van der Waals surface area contributed by atoms with Gasteiger partial charge in [-0.15, -0.1) is 0 Å². The Balaban J connectivity index is 1.78. The van der Waals surface area contributed by atoms with Crippen LogP contribution in [0.15, 0.2) is 24.3 Å². The maximum absolute atomic E-state index is 11.9. The Morgan fingerprint density at radius 2 is 1.86 bits per heavy atom. The number of methoxy groups -OCH3 is 1. The summed E-state index contributed by atoms with van der Waals surface area (Å²) >= 11 is 0. The van der Waals surface area contributed by atoms with Crippen molar-refractivity contribution in [1.82, 2.24) is 5.32 Å². The minimum atomic E-state index is -0.505. The van der Waals surface area contributed by atoms with Crippen molar-refractivity contribution in [3.63, 3.8) is 0 Å². The van der Waals surface area contributed by atoms with Gasteiger partial charge >= 0.3 is 5.97 Å². The van der Waals surface area contributed by atoms with E-state index in [9.17, 15) is 9.59 Å². The van der Waals surface area contributed by atoms with E-state index in [0.29, 0.717) is 17.2 Å². The van der Waals surface area contributed by atoms with Crippen LogP contribution in [0, 0.1) is 5.92 Å². The van der Waals surface area contributed by atoms with Gasteiger partial charge in [0.15, 0.2) is 6.61 Å². The number of esters is 1. The number of ether oxygens (including phenoxy) is 2. The Kier molecular flexibility index (Phi) is 5.81. The van der Waals surface area contributed by atoms with Crippen LogP contribution < -0.4 is 10.1 Å². The van der Waals surface area contributed by atoms with Crippen LogP contribution in [0.25, 0.3) is 0 Å². The smallest absolute Gasteiger partial charge is 0.338 e. The number of benzene rings is 1. The molecule has 0 unspecified atom stereocenters. The largest absolute Gasteiger partial charge is 0.497 e. The van der Waals surface area contributed by atoms with Gasteiger partial charge in [0.2, 0.25) is 0 Å². The summed E-state index contributed by atoms with van der Waals surface area (Å²) in [7, 11) is 1.56. The molecule has 0 aromatic heterocycles. The molecule has 1 saturated carbocycles. The molecule has 120 valence electrons. The first-order valence-electron chi connectivity index (χ1n) is 7.70. The van der Waals surface area contributed by atoms with E-state index >= 15 is 0 Å². The van der Waals surface area contributed by atoms with Crippen molar-refractivity contribution in [2.24, 2.45) is 5.92 Å². The summed E-state index contributed by atoms with van der Waals surface area (Å²) in [5.41, 5.74) is 0.402. The molecule has 1 aromatic rings. The lowest BCUT2D eigenvalue weighted by atomic mass is 9.86. The van der Waals surface area contributed by atoms with E-state index in [1.165, 1.54) is 6.42 Å². The zero-order valence-electron chi connectivity index (χ0n) is 13.1. The molecule has 1 fully saturated rings. The molecule has 1 amide bonds. The Labute approximate surface area is 131 Å². The highest BCUT2D eigenvalue weighted by Crippen LogP contribution is 2.23. The van der Waals surface area contributed by atoms with E-state index in [-0.39, 0.29) is 18.6 Å². The van der Waals surface area contributed by atoms with Crippen molar-refractivity contribution >= 4 is 11.9 Å². The van der Waals surface area contributed by atoms with Gasteiger partial charge in [-0.3, -0.25) is 4.79 Å². The number of amides is 1. The zero-order valence-corrected chi connectivity index (χ0v) is 13.1. The van der Waals surface area contributed by atoms with Crippen LogP contribution >= 0.6 is 0 Å². The van der Waals surface area contributed by atoms with Crippen molar-refractivity contribution in [2.75, 3.05) is 13.7 Å². The van der Waals surface area contributed by atoms with Crippen molar-refractivity contribution in [3.05, 3.63) is 29.8 Å². The Morgan fingerprint density at radius 1 is 1.18 bits per heavy atom. The third-order valence-electron chi connectivity index (χ3n) is 4.12. The molecule has 0 saturated heterocycles. The topological polar surface area (TPSA) is 64.6 Å². The first kappa shape index (κ1) is 16.3. The second-order valence-corrected chi connectivity index (χ2v) is 5.74. The summed E-state index contributed by atoms with van der Waals surface area (Å²) in [5, 5.41) is 2.96. The fraction of sp³-hybridized carbons (Fsp3) is 0.529. The van der Waals surface area contributed by atoms with Gasteiger partial charge in [-0.1, -0.05) is 19.8 Å². The molecule has 0 spiro atoms. The molecule has 0 aliphatic heterocycles. The average Bonchev–Trinajstić information content (AvgIpc) is 2.55. The third-order valence-corrected chi connectivity index (χ3v) is 4.12. The predicted molar refractivity (Wildman–Crippen MR) is 82.8 cm³/mol. The molecule has 2 rings (SSSR count). The van der Waals surface area contributed by atoms with Crippen LogP contribution in [0.3, 0.4) is 0 Å². The Morgan fingerprint density at radius 3 is 2.50 bits per heavy atom. The van der Waals surface area contributed by atoms with E-state index in [1.54, 1.807) is 31.4 Å². The molecule has 1 aliphatic rings. The summed E-state index contributed by atoms with van der Waals surface area (Å²) in [6.45, 7) is 1.90. The summed E-state index contributed by atoms with van der Waals surface area (Å²) in [6, 6.07) is 6.78. The summed E-state index contributed by atoms with van der Waals surface area (Å²) < 4.78 is 10.1. The van der Waals surface area contributed by atoms with Gasteiger partial charge in [0, 0.05) is 6.04 Å². The first-order chi connectivity index (χ1) is 10.6. The fourth-order valence-corrected chi connectivity index (χ4v) is 2.72. The zero-order chi connectivity index (χ0) is 15.9. The lowest BCUT2D eigenvalue weighted by molar-refractivity contribution is -0.125. The molecular weight excluding hydrogens is 282 g/mol. The summed E-state index contributed by atoms with van der Waals surface area (Å²) in [6.07, 6.45) is 4.50. The molecule has 0 bridgehead atoms. The van der Waals surface area contributed by atoms with Gasteiger partial charge in [0.05, 0.1) is 12.7 Å². The van der Waals surface area contributed by atoms with Gasteiger partial charge in [-0.25, -0.2) is 4.79 Å². The monoisotopic (exact) mass is 305 g/mol. The minimum Gasteiger partial charge on any atom is -0.497 e. The molecule has 0 radical (unpaired) electrons. The van der Waals surface area contributed by atoms with Gasteiger partial charge in [-0.05, 0) is 43.0 Å². The normalized spacial score (nSPS) is 21.0. The van der Waals surface area contributed by atoms with Gasteiger partial charge in [0.1, 0.15) is 5.75 Å². The van der Waals surface area contributed by atoms with Gasteiger partial charge in [-0.2, -0.15) is 0 Å². The number of rotatable bonds is 5. The van der Waals surface area contributed by atoms with Crippen molar-refractivity contribution in [2.45, 2.75) is 38.6 Å². The Hall–Kier alpha value is -2.04. The van der Waals surface area contributed by atoms with Gasteiger partial charge in [0.25, 0.3) is 5.91 Å². The summed E-state index contributed by atoms with van der Waals surface area (Å²) in [4.78, 5) is 23.7. The highest BCUT2D eigenvalue weighted by Gasteiger charge is 2.23. The molecule has 1 N–H and O–H groups in total. The molecule has 0 heterocycles. The van der Waals surface area contributed by atoms with E-state index in [4.69, 9.17) is 9.47 Å². The minimum absolute atomic E-state index is 0.195. The SMILES string of the molecule is COc1ccc(C(=O)OCC(=O)N[C@H]2CCCC[C@@H]2C)cc1. The van der Waals surface area contributed by atoms with Crippen LogP contribution in [-0.4, -0.2) is 31.6 Å². The van der Waals surface area contributed by atoms with Crippen molar-refractivity contribution in [1.29, 1.82) is 0 Å². The number of carbonyl (C=O) groups excluding carboxylic acids is 2.